The normalized spacial score (nSPS) is 39.3. The van der Waals surface area contributed by atoms with Crippen molar-refractivity contribution < 1.29 is 63.9 Å². The molecule has 2 heterocycles. The fourth-order valence-electron chi connectivity index (χ4n) is 3.85. The molecular weight excluding hydrogens is 486 g/mol. The molecule has 14 nitrogen and oxygen atoms in total. The van der Waals surface area contributed by atoms with Crippen LogP contribution in [-0.2, 0) is 33.2 Å². The molecule has 12 atom stereocenters. The summed E-state index contributed by atoms with van der Waals surface area (Å²) in [6, 6.07) is -1.34. The number of rotatable bonds is 11. The van der Waals surface area contributed by atoms with E-state index in [2.05, 4.69) is 0 Å². The first-order valence-electron chi connectivity index (χ1n) is 12.0. The maximum atomic E-state index is 12.1. The third-order valence-electron chi connectivity index (χ3n) is 5.77. The number of esters is 1. The van der Waals surface area contributed by atoms with Crippen molar-refractivity contribution in [2.45, 2.75) is 120 Å². The standard InChI is InChI=1S/C22H41NO13/c1-8(2)32-18-11(6-24)34-22(17(29)14(18)26)36-19-12(7-31-20(30)13(23)10(5)25)35-21(33-9(3)4)16(28)15(19)27/h8-19,21-22,24-29H,6-7,23H2,1-5H3. The lowest BCUT2D eigenvalue weighted by Gasteiger charge is -2.47. The molecule has 2 aliphatic heterocycles. The highest BCUT2D eigenvalue weighted by Gasteiger charge is 2.52. The summed E-state index contributed by atoms with van der Waals surface area (Å²) in [4.78, 5) is 12.1. The van der Waals surface area contributed by atoms with E-state index in [1.165, 1.54) is 6.92 Å². The van der Waals surface area contributed by atoms with Gasteiger partial charge in [-0.15, -0.1) is 0 Å². The molecule has 0 spiro atoms. The Morgan fingerprint density at radius 1 is 0.833 bits per heavy atom. The predicted molar refractivity (Wildman–Crippen MR) is 120 cm³/mol. The SMILES string of the molecule is CC(C)OC1OC(COC(=O)C(N)C(C)O)C(OC2OC(CO)C(OC(C)C)C(O)C2O)C(O)C1O. The van der Waals surface area contributed by atoms with E-state index >= 15 is 0 Å². The summed E-state index contributed by atoms with van der Waals surface area (Å²) in [6.45, 7) is 6.98. The van der Waals surface area contributed by atoms with Crippen LogP contribution in [0.5, 0.6) is 0 Å². The molecule has 0 saturated carbocycles. The molecule has 2 saturated heterocycles. The van der Waals surface area contributed by atoms with Crippen molar-refractivity contribution in [3.8, 4) is 0 Å². The fourth-order valence-corrected chi connectivity index (χ4v) is 3.85. The molecule has 0 aromatic carbocycles. The average molecular weight is 528 g/mol. The first-order valence-corrected chi connectivity index (χ1v) is 12.0. The Bertz CT molecular complexity index is 678. The van der Waals surface area contributed by atoms with Gasteiger partial charge in [-0.2, -0.15) is 0 Å². The minimum Gasteiger partial charge on any atom is -0.462 e. The van der Waals surface area contributed by atoms with E-state index < -0.39 is 98.8 Å². The number of nitrogens with two attached hydrogens (primary N) is 1. The topological polar surface area (TPSA) is 220 Å². The number of hydrogen-bond donors (Lipinski definition) is 7. The summed E-state index contributed by atoms with van der Waals surface area (Å²) >= 11 is 0. The van der Waals surface area contributed by atoms with E-state index in [4.69, 9.17) is 34.2 Å². The van der Waals surface area contributed by atoms with Crippen LogP contribution in [0.3, 0.4) is 0 Å². The number of ether oxygens (including phenoxy) is 6. The van der Waals surface area contributed by atoms with Crippen LogP contribution in [0.25, 0.3) is 0 Å². The second-order valence-corrected chi connectivity index (χ2v) is 9.56. The summed E-state index contributed by atoms with van der Waals surface area (Å²) in [5.74, 6) is -0.951. The number of aliphatic hydroxyl groups excluding tert-OH is 6. The number of carbonyl (C=O) groups excluding carboxylic acids is 1. The molecule has 8 N–H and O–H groups in total. The molecule has 212 valence electrons. The molecule has 0 bridgehead atoms. The van der Waals surface area contributed by atoms with Crippen molar-refractivity contribution in [2.24, 2.45) is 5.73 Å². The van der Waals surface area contributed by atoms with Crippen LogP contribution in [0.2, 0.25) is 0 Å². The van der Waals surface area contributed by atoms with Crippen LogP contribution < -0.4 is 5.73 Å². The van der Waals surface area contributed by atoms with E-state index in [0.29, 0.717) is 0 Å². The molecule has 14 heteroatoms. The maximum absolute atomic E-state index is 12.1. The first kappa shape index (κ1) is 31.2. The molecule has 12 unspecified atom stereocenters. The van der Waals surface area contributed by atoms with Crippen LogP contribution in [-0.4, -0.2) is 136 Å². The summed E-state index contributed by atoms with van der Waals surface area (Å²) in [6.07, 6.45) is -16.1. The zero-order valence-corrected chi connectivity index (χ0v) is 21.1. The van der Waals surface area contributed by atoms with Gasteiger partial charge in [0, 0.05) is 0 Å². The number of carbonyl (C=O) groups is 1. The van der Waals surface area contributed by atoms with Gasteiger partial charge in [0.1, 0.15) is 61.5 Å². The largest absolute Gasteiger partial charge is 0.462 e. The van der Waals surface area contributed by atoms with Crippen molar-refractivity contribution in [1.82, 2.24) is 0 Å². The van der Waals surface area contributed by atoms with Crippen LogP contribution in [0, 0.1) is 0 Å². The molecule has 0 aromatic rings. The lowest BCUT2D eigenvalue weighted by atomic mass is 9.96. The highest BCUT2D eigenvalue weighted by atomic mass is 16.7. The Balaban J connectivity index is 2.22. The van der Waals surface area contributed by atoms with Crippen LogP contribution >= 0.6 is 0 Å². The minimum absolute atomic E-state index is 0.347. The molecule has 0 aromatic heterocycles. The van der Waals surface area contributed by atoms with Crippen LogP contribution in [0.1, 0.15) is 34.6 Å². The van der Waals surface area contributed by atoms with Crippen molar-refractivity contribution in [3.05, 3.63) is 0 Å². The van der Waals surface area contributed by atoms with Gasteiger partial charge in [0.25, 0.3) is 0 Å². The van der Waals surface area contributed by atoms with E-state index in [1.807, 2.05) is 0 Å². The van der Waals surface area contributed by atoms with Crippen molar-refractivity contribution >= 4 is 5.97 Å². The van der Waals surface area contributed by atoms with Gasteiger partial charge in [-0.3, -0.25) is 4.79 Å². The molecule has 2 fully saturated rings. The predicted octanol–water partition coefficient (Wildman–Crippen LogP) is -3.27. The van der Waals surface area contributed by atoms with E-state index in [1.54, 1.807) is 27.7 Å². The molecule has 0 radical (unpaired) electrons. The average Bonchev–Trinajstić information content (AvgIpc) is 2.80. The van der Waals surface area contributed by atoms with Crippen molar-refractivity contribution in [2.75, 3.05) is 13.2 Å². The zero-order valence-electron chi connectivity index (χ0n) is 21.1. The highest BCUT2D eigenvalue weighted by molar-refractivity contribution is 5.76. The van der Waals surface area contributed by atoms with Gasteiger partial charge in [0.05, 0.1) is 24.9 Å². The smallest absolute Gasteiger partial charge is 0.325 e. The van der Waals surface area contributed by atoms with Crippen molar-refractivity contribution in [3.63, 3.8) is 0 Å². The Morgan fingerprint density at radius 2 is 1.36 bits per heavy atom. The Hall–Kier alpha value is -1.01. The Kier molecular flexibility index (Phi) is 11.9. The van der Waals surface area contributed by atoms with E-state index in [0.717, 1.165) is 0 Å². The molecule has 2 aliphatic rings. The quantitative estimate of drug-likeness (QED) is 0.131. The molecule has 0 amide bonds. The second kappa shape index (κ2) is 13.7. The van der Waals surface area contributed by atoms with E-state index in [9.17, 15) is 35.4 Å². The van der Waals surface area contributed by atoms with Crippen molar-refractivity contribution in [1.29, 1.82) is 0 Å². The minimum atomic E-state index is -1.67. The lowest BCUT2D eigenvalue weighted by molar-refractivity contribution is -0.365. The molecule has 0 aliphatic carbocycles. The first-order chi connectivity index (χ1) is 16.8. The molecule has 2 rings (SSSR count). The Morgan fingerprint density at radius 3 is 1.89 bits per heavy atom. The second-order valence-electron chi connectivity index (χ2n) is 9.56. The van der Waals surface area contributed by atoms with Gasteiger partial charge in [0.2, 0.25) is 0 Å². The van der Waals surface area contributed by atoms with Gasteiger partial charge in [-0.05, 0) is 34.6 Å². The molecule has 36 heavy (non-hydrogen) atoms. The third kappa shape index (κ3) is 7.75. The Labute approximate surface area is 209 Å². The summed E-state index contributed by atoms with van der Waals surface area (Å²) in [7, 11) is 0. The summed E-state index contributed by atoms with van der Waals surface area (Å²) in [5, 5.41) is 61.8. The lowest BCUT2D eigenvalue weighted by Crippen LogP contribution is -2.65. The van der Waals surface area contributed by atoms with Crippen LogP contribution in [0.4, 0.5) is 0 Å². The molecular formula is C22H41NO13. The number of hydrogen-bond acceptors (Lipinski definition) is 14. The van der Waals surface area contributed by atoms with E-state index in [-0.39, 0.29) is 6.10 Å². The van der Waals surface area contributed by atoms with Gasteiger partial charge >= 0.3 is 5.97 Å². The fraction of sp³-hybridized carbons (Fsp3) is 0.955. The maximum Gasteiger partial charge on any atom is 0.325 e. The van der Waals surface area contributed by atoms with Gasteiger partial charge < -0.3 is 64.8 Å². The highest BCUT2D eigenvalue weighted by Crippen LogP contribution is 2.31. The monoisotopic (exact) mass is 527 g/mol. The third-order valence-corrected chi connectivity index (χ3v) is 5.77. The number of aliphatic hydroxyl groups is 6. The van der Waals surface area contributed by atoms with Gasteiger partial charge in [0.15, 0.2) is 12.6 Å². The summed E-state index contributed by atoms with van der Waals surface area (Å²) < 4.78 is 33.2. The van der Waals surface area contributed by atoms with Crippen LogP contribution in [0.15, 0.2) is 0 Å². The zero-order chi connectivity index (χ0) is 27.3. The van der Waals surface area contributed by atoms with Gasteiger partial charge in [-0.1, -0.05) is 0 Å². The van der Waals surface area contributed by atoms with Gasteiger partial charge in [-0.25, -0.2) is 0 Å². The summed E-state index contributed by atoms with van der Waals surface area (Å²) in [5.41, 5.74) is 5.59.